The largest absolute Gasteiger partial charge is 0.372 e. The number of rotatable bonds is 6. The van der Waals surface area contributed by atoms with Gasteiger partial charge in [-0.2, -0.15) is 0 Å². The van der Waals surface area contributed by atoms with E-state index in [0.29, 0.717) is 0 Å². The summed E-state index contributed by atoms with van der Waals surface area (Å²) in [5.41, 5.74) is 4.36. The van der Waals surface area contributed by atoms with E-state index in [1.807, 2.05) is 12.1 Å². The molecule has 25 heavy (non-hydrogen) atoms. The molecule has 2 aromatic rings. The van der Waals surface area contributed by atoms with E-state index in [1.54, 1.807) is 6.20 Å². The van der Waals surface area contributed by atoms with Crippen LogP contribution in [0.5, 0.6) is 0 Å². The van der Waals surface area contributed by atoms with Gasteiger partial charge < -0.3 is 9.80 Å². The van der Waals surface area contributed by atoms with E-state index in [0.717, 1.165) is 59.8 Å². The number of nitrogens with zero attached hydrogens (tertiary/aromatic N) is 3. The third-order valence-electron chi connectivity index (χ3n) is 4.95. The van der Waals surface area contributed by atoms with Crippen LogP contribution >= 0.6 is 11.6 Å². The molecule has 1 saturated heterocycles. The first kappa shape index (κ1) is 17.8. The number of allylic oxidation sites excluding steroid dienone is 1. The van der Waals surface area contributed by atoms with Crippen LogP contribution < -0.4 is 0 Å². The highest BCUT2D eigenvalue weighted by Crippen LogP contribution is 2.27. The molecule has 1 aromatic carbocycles. The highest BCUT2D eigenvalue weighted by molar-refractivity contribution is 6.35. The van der Waals surface area contributed by atoms with Crippen molar-refractivity contribution in [3.05, 3.63) is 59.9 Å². The van der Waals surface area contributed by atoms with E-state index in [2.05, 4.69) is 47.0 Å². The van der Waals surface area contributed by atoms with Gasteiger partial charge in [-0.15, -0.1) is 0 Å². The van der Waals surface area contributed by atoms with Crippen LogP contribution in [0.4, 0.5) is 0 Å². The molecule has 2 heterocycles. The summed E-state index contributed by atoms with van der Waals surface area (Å²) in [5.74, 6) is 0. The van der Waals surface area contributed by atoms with Crippen LogP contribution in [-0.4, -0.2) is 41.0 Å². The minimum atomic E-state index is 0.737. The van der Waals surface area contributed by atoms with Gasteiger partial charge >= 0.3 is 0 Å². The summed E-state index contributed by atoms with van der Waals surface area (Å²) in [6.07, 6.45) is 5.29. The lowest BCUT2D eigenvalue weighted by Gasteiger charge is -2.39. The second kappa shape index (κ2) is 7.92. The van der Waals surface area contributed by atoms with Gasteiger partial charge in [0.1, 0.15) is 0 Å². The normalized spacial score (nSPS) is 14.8. The Morgan fingerprint density at radius 3 is 2.56 bits per heavy atom. The zero-order valence-electron chi connectivity index (χ0n) is 15.0. The average molecular weight is 356 g/mol. The number of piperazine rings is 1. The standard InChI is InChI=1S/C21H26ClN3/c1-4-5-6-16(2)24-11-13-25(14-12-24)17(3)18-7-8-19-20(22)9-10-23-21(19)15-18/h7-10,15H,2-6,11-14H2,1H3. The van der Waals surface area contributed by atoms with Gasteiger partial charge in [0.25, 0.3) is 0 Å². The van der Waals surface area contributed by atoms with Gasteiger partial charge in [0.2, 0.25) is 0 Å². The van der Waals surface area contributed by atoms with E-state index >= 15 is 0 Å². The lowest BCUT2D eigenvalue weighted by atomic mass is 10.1. The smallest absolute Gasteiger partial charge is 0.0723 e. The minimum Gasteiger partial charge on any atom is -0.372 e. The summed E-state index contributed by atoms with van der Waals surface area (Å²) in [5, 5.41) is 1.72. The Hall–Kier alpha value is -2.00. The Kier molecular flexibility index (Phi) is 5.64. The van der Waals surface area contributed by atoms with Crippen LogP contribution in [0.1, 0.15) is 31.7 Å². The topological polar surface area (TPSA) is 19.4 Å². The maximum atomic E-state index is 6.23. The molecular formula is C21H26ClN3. The molecule has 3 rings (SSSR count). The van der Waals surface area contributed by atoms with Crippen LogP contribution in [-0.2, 0) is 0 Å². The number of pyridine rings is 1. The number of hydrogen-bond acceptors (Lipinski definition) is 3. The van der Waals surface area contributed by atoms with Gasteiger partial charge in [0.15, 0.2) is 0 Å². The van der Waals surface area contributed by atoms with E-state index in [4.69, 9.17) is 11.6 Å². The summed E-state index contributed by atoms with van der Waals surface area (Å²) in [7, 11) is 0. The molecule has 1 aromatic heterocycles. The lowest BCUT2D eigenvalue weighted by Crippen LogP contribution is -2.44. The van der Waals surface area contributed by atoms with Crippen molar-refractivity contribution in [2.24, 2.45) is 0 Å². The van der Waals surface area contributed by atoms with E-state index in [-0.39, 0.29) is 0 Å². The molecule has 0 saturated carbocycles. The summed E-state index contributed by atoms with van der Waals surface area (Å²) < 4.78 is 0. The molecule has 1 fully saturated rings. The fraction of sp³-hybridized carbons (Fsp3) is 0.381. The number of benzene rings is 1. The molecule has 0 aliphatic carbocycles. The molecule has 0 bridgehead atoms. The zero-order chi connectivity index (χ0) is 17.8. The summed E-state index contributed by atoms with van der Waals surface area (Å²) in [4.78, 5) is 9.20. The molecular weight excluding hydrogens is 330 g/mol. The first-order chi connectivity index (χ1) is 12.1. The van der Waals surface area contributed by atoms with Crippen molar-refractivity contribution < 1.29 is 0 Å². The van der Waals surface area contributed by atoms with E-state index in [1.165, 1.54) is 18.5 Å². The summed E-state index contributed by atoms with van der Waals surface area (Å²) in [6.45, 7) is 14.8. The van der Waals surface area contributed by atoms with E-state index in [9.17, 15) is 0 Å². The van der Waals surface area contributed by atoms with Crippen molar-refractivity contribution in [3.8, 4) is 0 Å². The summed E-state index contributed by atoms with van der Waals surface area (Å²) in [6, 6.07) is 8.03. The number of fused-ring (bicyclic) bond motifs is 1. The summed E-state index contributed by atoms with van der Waals surface area (Å²) >= 11 is 6.23. The maximum absolute atomic E-state index is 6.23. The molecule has 0 amide bonds. The molecule has 0 spiro atoms. The Morgan fingerprint density at radius 1 is 1.12 bits per heavy atom. The Balaban J connectivity index is 1.66. The van der Waals surface area contributed by atoms with Crippen molar-refractivity contribution in [1.82, 2.24) is 14.8 Å². The first-order valence-electron chi connectivity index (χ1n) is 9.01. The minimum absolute atomic E-state index is 0.737. The Morgan fingerprint density at radius 2 is 1.84 bits per heavy atom. The van der Waals surface area contributed by atoms with Gasteiger partial charge in [-0.3, -0.25) is 4.98 Å². The SMILES string of the molecule is C=C(CCCC)N1CCN(C(=C)c2ccc3c(Cl)ccnc3c2)CC1. The number of hydrogen-bond donors (Lipinski definition) is 0. The monoisotopic (exact) mass is 355 g/mol. The van der Waals surface area contributed by atoms with Crippen molar-refractivity contribution >= 4 is 28.2 Å². The van der Waals surface area contributed by atoms with Crippen LogP contribution in [0, 0.1) is 0 Å². The fourth-order valence-corrected chi connectivity index (χ4v) is 3.52. The van der Waals surface area contributed by atoms with Crippen LogP contribution in [0.15, 0.2) is 49.3 Å². The Labute approximate surface area is 155 Å². The van der Waals surface area contributed by atoms with Crippen LogP contribution in [0.2, 0.25) is 5.02 Å². The van der Waals surface area contributed by atoms with Gasteiger partial charge in [-0.1, -0.05) is 50.2 Å². The molecule has 0 atom stereocenters. The van der Waals surface area contributed by atoms with Gasteiger partial charge in [0, 0.05) is 49.2 Å². The fourth-order valence-electron chi connectivity index (χ4n) is 3.31. The third kappa shape index (κ3) is 3.98. The number of aromatic nitrogens is 1. The highest BCUT2D eigenvalue weighted by atomic mass is 35.5. The molecule has 0 N–H and O–H groups in total. The second-order valence-electron chi connectivity index (χ2n) is 6.62. The van der Waals surface area contributed by atoms with Gasteiger partial charge in [0.05, 0.1) is 10.5 Å². The predicted octanol–water partition coefficient (Wildman–Crippen LogP) is 5.18. The van der Waals surface area contributed by atoms with E-state index < -0.39 is 0 Å². The van der Waals surface area contributed by atoms with Crippen LogP contribution in [0.3, 0.4) is 0 Å². The van der Waals surface area contributed by atoms with Crippen molar-refractivity contribution in [3.63, 3.8) is 0 Å². The quantitative estimate of drug-likeness (QED) is 0.711. The Bertz CT molecular complexity index is 776. The molecule has 3 nitrogen and oxygen atoms in total. The van der Waals surface area contributed by atoms with Crippen molar-refractivity contribution in [2.45, 2.75) is 26.2 Å². The maximum Gasteiger partial charge on any atom is 0.0723 e. The number of halogens is 1. The number of unbranched alkanes of at least 4 members (excludes halogenated alkanes) is 1. The molecule has 1 aliphatic rings. The molecule has 4 heteroatoms. The molecule has 1 aliphatic heterocycles. The third-order valence-corrected chi connectivity index (χ3v) is 5.28. The first-order valence-corrected chi connectivity index (χ1v) is 9.39. The average Bonchev–Trinajstić information content (AvgIpc) is 2.65. The predicted molar refractivity (Wildman–Crippen MR) is 108 cm³/mol. The lowest BCUT2D eigenvalue weighted by molar-refractivity contribution is 0.209. The second-order valence-corrected chi connectivity index (χ2v) is 7.02. The van der Waals surface area contributed by atoms with Gasteiger partial charge in [-0.05, 0) is 30.5 Å². The highest BCUT2D eigenvalue weighted by Gasteiger charge is 2.19. The molecule has 0 unspecified atom stereocenters. The van der Waals surface area contributed by atoms with Crippen LogP contribution in [0.25, 0.3) is 16.6 Å². The van der Waals surface area contributed by atoms with Gasteiger partial charge in [-0.25, -0.2) is 0 Å². The molecule has 132 valence electrons. The zero-order valence-corrected chi connectivity index (χ0v) is 15.7. The van der Waals surface area contributed by atoms with Crippen molar-refractivity contribution in [2.75, 3.05) is 26.2 Å². The molecule has 0 radical (unpaired) electrons. The van der Waals surface area contributed by atoms with Crippen molar-refractivity contribution in [1.29, 1.82) is 0 Å².